The van der Waals surface area contributed by atoms with Crippen LogP contribution in [-0.4, -0.2) is 23.4 Å². The Morgan fingerprint density at radius 1 is 0.962 bits per heavy atom. The van der Waals surface area contributed by atoms with Gasteiger partial charge in [0.2, 0.25) is 0 Å². The molecular weight excluding hydrogens is 322 g/mol. The van der Waals surface area contributed by atoms with E-state index in [4.69, 9.17) is 4.74 Å². The number of fused-ring (bicyclic) bond motifs is 2. The second kappa shape index (κ2) is 6.15. The van der Waals surface area contributed by atoms with Gasteiger partial charge in [0.25, 0.3) is 5.91 Å². The van der Waals surface area contributed by atoms with Crippen LogP contribution >= 0.6 is 0 Å². The average Bonchev–Trinajstić information content (AvgIpc) is 2.85. The molecule has 0 spiro atoms. The predicted molar refractivity (Wildman–Crippen MR) is 104 cm³/mol. The second-order valence-electron chi connectivity index (χ2n) is 9.09. The average molecular weight is 349 g/mol. The van der Waals surface area contributed by atoms with Crippen molar-refractivity contribution in [3.05, 3.63) is 60.2 Å². The van der Waals surface area contributed by atoms with Crippen LogP contribution in [0.4, 0.5) is 0 Å². The molecule has 1 heterocycles. The lowest BCUT2D eigenvalue weighted by Crippen LogP contribution is -2.37. The Kier molecular flexibility index (Phi) is 4.06. The van der Waals surface area contributed by atoms with Crippen LogP contribution in [0.2, 0.25) is 0 Å². The summed E-state index contributed by atoms with van der Waals surface area (Å²) in [4.78, 5) is 15.2. The number of ether oxygens (including phenoxy) is 1. The number of likely N-dealkylation sites (tertiary alicyclic amines) is 1. The second-order valence-corrected chi connectivity index (χ2v) is 9.09. The maximum absolute atomic E-state index is 13.1. The predicted octanol–water partition coefficient (Wildman–Crippen LogP) is 5.52. The molecule has 4 rings (SSSR count). The summed E-state index contributed by atoms with van der Waals surface area (Å²) >= 11 is 0. The first-order valence-corrected chi connectivity index (χ1v) is 9.48. The maximum Gasteiger partial charge on any atom is 0.254 e. The zero-order valence-corrected chi connectivity index (χ0v) is 15.9. The minimum Gasteiger partial charge on any atom is -0.457 e. The first kappa shape index (κ1) is 17.1. The van der Waals surface area contributed by atoms with Crippen LogP contribution in [0.1, 0.15) is 50.4 Å². The van der Waals surface area contributed by atoms with Gasteiger partial charge in [-0.05, 0) is 66.5 Å². The summed E-state index contributed by atoms with van der Waals surface area (Å²) in [6.45, 7) is 7.88. The van der Waals surface area contributed by atoms with E-state index in [2.05, 4.69) is 25.7 Å². The molecule has 3 heteroatoms. The number of amides is 1. The highest BCUT2D eigenvalue weighted by Gasteiger charge is 2.50. The van der Waals surface area contributed by atoms with Crippen LogP contribution in [0, 0.1) is 10.8 Å². The molecule has 2 aliphatic rings. The number of hydrogen-bond acceptors (Lipinski definition) is 2. The van der Waals surface area contributed by atoms with E-state index in [-0.39, 0.29) is 11.3 Å². The van der Waals surface area contributed by atoms with Gasteiger partial charge in [0.15, 0.2) is 0 Å². The van der Waals surface area contributed by atoms with Crippen LogP contribution in [0.25, 0.3) is 0 Å². The summed E-state index contributed by atoms with van der Waals surface area (Å²) in [7, 11) is 0. The Labute approximate surface area is 156 Å². The summed E-state index contributed by atoms with van der Waals surface area (Å²) in [6, 6.07) is 17.6. The molecule has 3 nitrogen and oxygen atoms in total. The van der Waals surface area contributed by atoms with Crippen LogP contribution in [-0.2, 0) is 0 Å². The summed E-state index contributed by atoms with van der Waals surface area (Å²) in [6.07, 6.45) is 3.44. The van der Waals surface area contributed by atoms with Crippen molar-refractivity contribution in [3.63, 3.8) is 0 Å². The zero-order chi connectivity index (χ0) is 18.4. The minimum absolute atomic E-state index is 0.155. The van der Waals surface area contributed by atoms with E-state index < -0.39 is 0 Å². The van der Waals surface area contributed by atoms with Crippen molar-refractivity contribution in [1.82, 2.24) is 4.90 Å². The van der Waals surface area contributed by atoms with Gasteiger partial charge in [-0.2, -0.15) is 0 Å². The molecule has 2 unspecified atom stereocenters. The molecule has 1 aliphatic heterocycles. The fourth-order valence-electron chi connectivity index (χ4n) is 5.15. The fourth-order valence-corrected chi connectivity index (χ4v) is 5.15. The van der Waals surface area contributed by atoms with Crippen molar-refractivity contribution in [2.75, 3.05) is 6.54 Å². The van der Waals surface area contributed by atoms with Gasteiger partial charge in [-0.1, -0.05) is 39.0 Å². The topological polar surface area (TPSA) is 29.5 Å². The van der Waals surface area contributed by atoms with Crippen LogP contribution < -0.4 is 4.74 Å². The van der Waals surface area contributed by atoms with Gasteiger partial charge in [-0.25, -0.2) is 0 Å². The van der Waals surface area contributed by atoms with Crippen LogP contribution in [0.3, 0.4) is 0 Å². The highest BCUT2D eigenvalue weighted by atomic mass is 16.5. The number of nitrogens with zero attached hydrogens (tertiary/aromatic N) is 1. The van der Waals surface area contributed by atoms with Gasteiger partial charge in [-0.15, -0.1) is 0 Å². The molecule has 26 heavy (non-hydrogen) atoms. The molecule has 1 amide bonds. The summed E-state index contributed by atoms with van der Waals surface area (Å²) < 4.78 is 5.83. The highest BCUT2D eigenvalue weighted by Crippen LogP contribution is 2.52. The summed E-state index contributed by atoms with van der Waals surface area (Å²) in [5.41, 5.74) is 1.33. The maximum atomic E-state index is 13.1. The lowest BCUT2D eigenvalue weighted by atomic mass is 9.65. The number of rotatable bonds is 3. The van der Waals surface area contributed by atoms with E-state index in [1.165, 1.54) is 6.42 Å². The Balaban J connectivity index is 1.49. The van der Waals surface area contributed by atoms with E-state index in [0.717, 1.165) is 36.4 Å². The molecule has 2 aromatic carbocycles. The quantitative estimate of drug-likeness (QED) is 0.730. The van der Waals surface area contributed by atoms with Crippen molar-refractivity contribution >= 4 is 5.91 Å². The molecule has 0 radical (unpaired) electrons. The van der Waals surface area contributed by atoms with Gasteiger partial charge in [0.1, 0.15) is 11.5 Å². The molecule has 1 saturated heterocycles. The van der Waals surface area contributed by atoms with Crippen molar-refractivity contribution < 1.29 is 9.53 Å². The third-order valence-electron chi connectivity index (χ3n) is 5.76. The molecule has 0 N–H and O–H groups in total. The molecule has 2 aromatic rings. The monoisotopic (exact) mass is 349 g/mol. The molecule has 0 aromatic heterocycles. The SMILES string of the molecule is CC1(C)CC2CC(C)(CN2C(=O)c2ccc(Oc3ccccc3)cc2)C1. The Morgan fingerprint density at radius 3 is 2.31 bits per heavy atom. The fraction of sp³-hybridized carbons (Fsp3) is 0.435. The Bertz CT molecular complexity index is 797. The highest BCUT2D eigenvalue weighted by molar-refractivity contribution is 5.94. The molecule has 1 aliphatic carbocycles. The van der Waals surface area contributed by atoms with Gasteiger partial charge < -0.3 is 9.64 Å². The smallest absolute Gasteiger partial charge is 0.254 e. The lowest BCUT2D eigenvalue weighted by molar-refractivity contribution is 0.0708. The van der Waals surface area contributed by atoms with Gasteiger partial charge in [0.05, 0.1) is 0 Å². The van der Waals surface area contributed by atoms with Crippen molar-refractivity contribution in [2.24, 2.45) is 10.8 Å². The lowest BCUT2D eigenvalue weighted by Gasteiger charge is -2.39. The first-order chi connectivity index (χ1) is 12.3. The third kappa shape index (κ3) is 3.35. The molecule has 2 bridgehead atoms. The number of para-hydroxylation sites is 1. The number of carbonyl (C=O) groups excluding carboxylic acids is 1. The van der Waals surface area contributed by atoms with Crippen molar-refractivity contribution in [2.45, 2.75) is 46.1 Å². The van der Waals surface area contributed by atoms with E-state index in [1.54, 1.807) is 0 Å². The summed E-state index contributed by atoms with van der Waals surface area (Å²) in [5, 5.41) is 0. The first-order valence-electron chi connectivity index (χ1n) is 9.48. The van der Waals surface area contributed by atoms with E-state index in [0.29, 0.717) is 11.5 Å². The number of carbonyl (C=O) groups is 1. The van der Waals surface area contributed by atoms with Crippen LogP contribution in [0.5, 0.6) is 11.5 Å². The summed E-state index contributed by atoms with van der Waals surface area (Å²) in [5.74, 6) is 1.71. The third-order valence-corrected chi connectivity index (χ3v) is 5.76. The molecule has 136 valence electrons. The number of hydrogen-bond donors (Lipinski definition) is 0. The number of benzene rings is 2. The molecule has 2 fully saturated rings. The van der Waals surface area contributed by atoms with E-state index in [9.17, 15) is 4.79 Å². The molecule has 2 atom stereocenters. The van der Waals surface area contributed by atoms with Gasteiger partial charge >= 0.3 is 0 Å². The Morgan fingerprint density at radius 2 is 1.62 bits per heavy atom. The van der Waals surface area contributed by atoms with Crippen LogP contribution in [0.15, 0.2) is 54.6 Å². The standard InChI is InChI=1S/C23H27NO2/c1-22(2)13-18-14-23(3,15-22)16-24(18)21(25)17-9-11-20(12-10-17)26-19-7-5-4-6-8-19/h4-12,18H,13-16H2,1-3H3. The van der Waals surface area contributed by atoms with Crippen molar-refractivity contribution in [1.29, 1.82) is 0 Å². The normalized spacial score (nSPS) is 26.6. The van der Waals surface area contributed by atoms with Gasteiger partial charge in [0, 0.05) is 18.2 Å². The molecular formula is C23H27NO2. The zero-order valence-electron chi connectivity index (χ0n) is 15.9. The Hall–Kier alpha value is -2.29. The van der Waals surface area contributed by atoms with Crippen molar-refractivity contribution in [3.8, 4) is 11.5 Å². The molecule has 1 saturated carbocycles. The largest absolute Gasteiger partial charge is 0.457 e. The minimum atomic E-state index is 0.155. The van der Waals surface area contributed by atoms with E-state index in [1.807, 2.05) is 54.6 Å². The van der Waals surface area contributed by atoms with Gasteiger partial charge in [-0.3, -0.25) is 4.79 Å². The van der Waals surface area contributed by atoms with E-state index >= 15 is 0 Å².